The van der Waals surface area contributed by atoms with E-state index in [0.717, 1.165) is 103 Å². The van der Waals surface area contributed by atoms with Crippen molar-refractivity contribution in [3.63, 3.8) is 0 Å². The molecule has 0 unspecified atom stereocenters. The molecule has 0 bridgehead atoms. The Balaban J connectivity index is 4.36. The Labute approximate surface area is 347 Å². The highest BCUT2D eigenvalue weighted by Gasteiger charge is 2.14. The predicted octanol–water partition coefficient (Wildman–Crippen LogP) is 12.8. The Hall–Kier alpha value is -1.67. The van der Waals surface area contributed by atoms with E-state index in [1.54, 1.807) is 0 Å². The number of nitrogens with zero attached hydrogens (tertiary/aromatic N) is 1. The molecular formula is C48H94N2O6. The summed E-state index contributed by atoms with van der Waals surface area (Å²) < 4.78 is 16.5. The van der Waals surface area contributed by atoms with Gasteiger partial charge in [-0.25, -0.2) is 0 Å². The Bertz CT molecular complexity index is 840. The standard InChI is InChI=1S/C48H94N2O6/c1-5-8-11-14-17-18-19-25-33-43-55-47(52)37-30-26-32-41-50(42-34-39-49-46(51)44-54-4)40-31-24-20-23-29-38-48(53)56-45(35-27-21-15-12-9-6-2)36-28-22-16-13-10-7-3/h45H,5-44H2,1-4H3,(H,49,51). The molecule has 332 valence electrons. The van der Waals surface area contributed by atoms with Crippen molar-refractivity contribution in [1.82, 2.24) is 10.2 Å². The van der Waals surface area contributed by atoms with E-state index in [2.05, 4.69) is 31.0 Å². The second kappa shape index (κ2) is 44.4. The van der Waals surface area contributed by atoms with Gasteiger partial charge in [-0.3, -0.25) is 14.4 Å². The van der Waals surface area contributed by atoms with Crippen LogP contribution in [0.1, 0.15) is 239 Å². The lowest BCUT2D eigenvalue weighted by molar-refractivity contribution is -0.150. The molecule has 1 amide bonds. The number of nitrogens with one attached hydrogen (secondary N) is 1. The zero-order chi connectivity index (χ0) is 41.0. The number of amides is 1. The summed E-state index contributed by atoms with van der Waals surface area (Å²) >= 11 is 0. The van der Waals surface area contributed by atoms with E-state index in [0.29, 0.717) is 26.0 Å². The molecule has 0 radical (unpaired) electrons. The third kappa shape index (κ3) is 40.5. The van der Waals surface area contributed by atoms with Gasteiger partial charge in [-0.1, -0.05) is 162 Å². The minimum atomic E-state index is -0.0706. The van der Waals surface area contributed by atoms with Crippen LogP contribution in [0.25, 0.3) is 0 Å². The highest BCUT2D eigenvalue weighted by Crippen LogP contribution is 2.18. The van der Waals surface area contributed by atoms with Crippen LogP contribution in [-0.2, 0) is 28.6 Å². The van der Waals surface area contributed by atoms with Gasteiger partial charge in [0, 0.05) is 26.5 Å². The summed E-state index contributed by atoms with van der Waals surface area (Å²) in [5.74, 6) is -0.121. The monoisotopic (exact) mass is 795 g/mol. The Morgan fingerprint density at radius 3 is 1.41 bits per heavy atom. The molecule has 0 atom stereocenters. The molecule has 0 heterocycles. The molecule has 0 aromatic heterocycles. The van der Waals surface area contributed by atoms with Crippen molar-refractivity contribution in [2.24, 2.45) is 0 Å². The second-order valence-corrected chi connectivity index (χ2v) is 16.6. The zero-order valence-electron chi connectivity index (χ0n) is 37.8. The zero-order valence-corrected chi connectivity index (χ0v) is 37.8. The molecule has 0 saturated carbocycles. The van der Waals surface area contributed by atoms with Crippen LogP contribution in [-0.4, -0.2) is 75.4 Å². The maximum atomic E-state index is 12.8. The number of ether oxygens (including phenoxy) is 3. The van der Waals surface area contributed by atoms with Gasteiger partial charge in [0.2, 0.25) is 5.91 Å². The molecule has 0 aromatic rings. The molecular weight excluding hydrogens is 701 g/mol. The number of esters is 2. The van der Waals surface area contributed by atoms with E-state index in [-0.39, 0.29) is 30.6 Å². The molecule has 8 nitrogen and oxygen atoms in total. The third-order valence-electron chi connectivity index (χ3n) is 11.0. The van der Waals surface area contributed by atoms with Gasteiger partial charge in [0.15, 0.2) is 0 Å². The summed E-state index contributed by atoms with van der Waals surface area (Å²) in [5.41, 5.74) is 0. The summed E-state index contributed by atoms with van der Waals surface area (Å²) in [6.07, 6.45) is 39.1. The number of carbonyl (C=O) groups is 3. The van der Waals surface area contributed by atoms with Crippen molar-refractivity contribution in [3.05, 3.63) is 0 Å². The van der Waals surface area contributed by atoms with Gasteiger partial charge in [-0.2, -0.15) is 0 Å². The molecule has 8 heteroatoms. The first-order valence-electron chi connectivity index (χ1n) is 24.3. The molecule has 56 heavy (non-hydrogen) atoms. The molecule has 1 N–H and O–H groups in total. The smallest absolute Gasteiger partial charge is 0.306 e. The average Bonchev–Trinajstić information content (AvgIpc) is 3.18. The summed E-state index contributed by atoms with van der Waals surface area (Å²) in [4.78, 5) is 39.3. The minimum absolute atomic E-state index is 0.00259. The highest BCUT2D eigenvalue weighted by molar-refractivity contribution is 5.77. The second-order valence-electron chi connectivity index (χ2n) is 16.6. The van der Waals surface area contributed by atoms with E-state index < -0.39 is 0 Å². The molecule has 0 aliphatic heterocycles. The lowest BCUT2D eigenvalue weighted by Crippen LogP contribution is -2.32. The van der Waals surface area contributed by atoms with Crippen LogP contribution in [0.2, 0.25) is 0 Å². The fraction of sp³-hybridized carbons (Fsp3) is 0.938. The first-order valence-corrected chi connectivity index (χ1v) is 24.3. The van der Waals surface area contributed by atoms with Gasteiger partial charge in [0.1, 0.15) is 12.7 Å². The van der Waals surface area contributed by atoms with E-state index in [9.17, 15) is 14.4 Å². The summed E-state index contributed by atoms with van der Waals surface area (Å²) in [7, 11) is 1.54. The van der Waals surface area contributed by atoms with Crippen molar-refractivity contribution >= 4 is 17.8 Å². The number of rotatable bonds is 45. The van der Waals surface area contributed by atoms with Crippen molar-refractivity contribution in [2.45, 2.75) is 245 Å². The number of carbonyl (C=O) groups excluding carboxylic acids is 3. The van der Waals surface area contributed by atoms with Gasteiger partial charge in [0.25, 0.3) is 0 Å². The van der Waals surface area contributed by atoms with Crippen molar-refractivity contribution in [3.8, 4) is 0 Å². The molecule has 0 saturated heterocycles. The predicted molar refractivity (Wildman–Crippen MR) is 236 cm³/mol. The first-order chi connectivity index (χ1) is 27.5. The van der Waals surface area contributed by atoms with E-state index >= 15 is 0 Å². The van der Waals surface area contributed by atoms with Gasteiger partial charge in [0.05, 0.1) is 6.61 Å². The molecule has 0 aliphatic rings. The number of methoxy groups -OCH3 is 1. The minimum Gasteiger partial charge on any atom is -0.466 e. The Morgan fingerprint density at radius 1 is 0.482 bits per heavy atom. The fourth-order valence-electron chi connectivity index (χ4n) is 7.45. The third-order valence-corrected chi connectivity index (χ3v) is 11.0. The lowest BCUT2D eigenvalue weighted by Gasteiger charge is -2.22. The van der Waals surface area contributed by atoms with Crippen LogP contribution < -0.4 is 5.32 Å². The first kappa shape index (κ1) is 54.3. The summed E-state index contributed by atoms with van der Waals surface area (Å²) in [6, 6.07) is 0. The van der Waals surface area contributed by atoms with E-state index in [1.807, 2.05) is 0 Å². The number of hydrogen-bond acceptors (Lipinski definition) is 7. The van der Waals surface area contributed by atoms with E-state index in [4.69, 9.17) is 14.2 Å². The fourth-order valence-corrected chi connectivity index (χ4v) is 7.45. The molecule has 0 spiro atoms. The van der Waals surface area contributed by atoms with Crippen molar-refractivity contribution in [2.75, 3.05) is 46.5 Å². The van der Waals surface area contributed by atoms with Gasteiger partial charge in [-0.15, -0.1) is 0 Å². The maximum absolute atomic E-state index is 12.8. The van der Waals surface area contributed by atoms with Crippen molar-refractivity contribution < 1.29 is 28.6 Å². The highest BCUT2D eigenvalue weighted by atomic mass is 16.5. The molecule has 0 fully saturated rings. The van der Waals surface area contributed by atoms with Gasteiger partial charge < -0.3 is 24.4 Å². The number of unbranched alkanes of at least 4 members (excludes halogenated alkanes) is 24. The quantitative estimate of drug-likeness (QED) is 0.0484. The maximum Gasteiger partial charge on any atom is 0.306 e. The van der Waals surface area contributed by atoms with Gasteiger partial charge in [-0.05, 0) is 83.8 Å². The SMILES string of the molecule is CCCCCCCCCCCOC(=O)CCCCCN(CCCCCCCC(=O)OC(CCCCCCCC)CCCCCCCC)CCCNC(=O)COC. The van der Waals surface area contributed by atoms with Gasteiger partial charge >= 0.3 is 11.9 Å². The molecule has 0 aliphatic carbocycles. The lowest BCUT2D eigenvalue weighted by atomic mass is 10.0. The van der Waals surface area contributed by atoms with Crippen LogP contribution >= 0.6 is 0 Å². The van der Waals surface area contributed by atoms with Crippen LogP contribution in [0, 0.1) is 0 Å². The summed E-state index contributed by atoms with van der Waals surface area (Å²) in [5, 5.41) is 2.94. The van der Waals surface area contributed by atoms with Crippen molar-refractivity contribution in [1.29, 1.82) is 0 Å². The molecule has 0 rings (SSSR count). The average molecular weight is 795 g/mol. The molecule has 0 aromatic carbocycles. The topological polar surface area (TPSA) is 94.2 Å². The van der Waals surface area contributed by atoms with Crippen LogP contribution in [0.5, 0.6) is 0 Å². The Kier molecular flexibility index (Phi) is 43.1. The van der Waals surface area contributed by atoms with Crippen LogP contribution in [0.15, 0.2) is 0 Å². The largest absolute Gasteiger partial charge is 0.466 e. The normalized spacial score (nSPS) is 11.5. The summed E-state index contributed by atoms with van der Waals surface area (Å²) in [6.45, 7) is 11.1. The Morgan fingerprint density at radius 2 is 0.893 bits per heavy atom. The van der Waals surface area contributed by atoms with Crippen LogP contribution in [0.4, 0.5) is 0 Å². The van der Waals surface area contributed by atoms with E-state index in [1.165, 1.54) is 129 Å². The van der Waals surface area contributed by atoms with Crippen LogP contribution in [0.3, 0.4) is 0 Å². The number of hydrogen-bond donors (Lipinski definition) is 1.